The van der Waals surface area contributed by atoms with E-state index < -0.39 is 0 Å². The first kappa shape index (κ1) is 10.7. The number of nitrogens with one attached hydrogen (secondary N) is 1. The Bertz CT molecular complexity index is 310. The summed E-state index contributed by atoms with van der Waals surface area (Å²) in [6, 6.07) is 5.29. The fraction of sp³-hybridized carbons (Fsp3) is 0.111. The van der Waals surface area contributed by atoms with Crippen LogP contribution < -0.4 is 5.32 Å². The van der Waals surface area contributed by atoms with Crippen LogP contribution in [-0.2, 0) is 0 Å². The molecule has 0 atom stereocenters. The molecule has 1 aromatic rings. The molecule has 0 bridgehead atoms. The van der Waals surface area contributed by atoms with E-state index in [-0.39, 0.29) is 0 Å². The van der Waals surface area contributed by atoms with E-state index in [0.29, 0.717) is 16.6 Å². The molecule has 0 aliphatic heterocycles. The molecule has 0 amide bonds. The van der Waals surface area contributed by atoms with Gasteiger partial charge in [-0.05, 0) is 18.2 Å². The van der Waals surface area contributed by atoms with Crippen LogP contribution in [0.5, 0.6) is 0 Å². The third kappa shape index (κ3) is 3.47. The maximum Gasteiger partial charge on any atom is 0.0652 e. The number of hydrogen-bond acceptors (Lipinski definition) is 1. The van der Waals surface area contributed by atoms with Crippen molar-refractivity contribution in [3.05, 3.63) is 39.9 Å². The summed E-state index contributed by atoms with van der Waals surface area (Å²) in [6.07, 6.45) is 1.78. The largest absolute Gasteiger partial charge is 0.380 e. The monoisotopic (exact) mass is 235 g/mol. The molecule has 1 aromatic carbocycles. The Morgan fingerprint density at radius 3 is 2.69 bits per heavy atom. The Balaban J connectivity index is 2.66. The van der Waals surface area contributed by atoms with Crippen molar-refractivity contribution in [2.24, 2.45) is 0 Å². The van der Waals surface area contributed by atoms with Crippen molar-refractivity contribution in [3.63, 3.8) is 0 Å². The van der Waals surface area contributed by atoms with Crippen molar-refractivity contribution < 1.29 is 0 Å². The molecule has 0 aromatic heterocycles. The highest BCUT2D eigenvalue weighted by molar-refractivity contribution is 6.36. The van der Waals surface area contributed by atoms with E-state index in [4.69, 9.17) is 34.8 Å². The fourth-order valence-corrected chi connectivity index (χ4v) is 1.41. The molecular weight excluding hydrogens is 228 g/mol. The summed E-state index contributed by atoms with van der Waals surface area (Å²) < 4.78 is 0. The molecule has 0 heterocycles. The van der Waals surface area contributed by atoms with Crippen LogP contribution in [0.1, 0.15) is 0 Å². The van der Waals surface area contributed by atoms with Gasteiger partial charge < -0.3 is 5.32 Å². The highest BCUT2D eigenvalue weighted by atomic mass is 35.5. The third-order valence-corrected chi connectivity index (χ3v) is 2.16. The van der Waals surface area contributed by atoms with Crippen LogP contribution in [-0.4, -0.2) is 6.54 Å². The van der Waals surface area contributed by atoms with Crippen LogP contribution in [0.4, 0.5) is 5.69 Å². The summed E-state index contributed by atoms with van der Waals surface area (Å²) in [4.78, 5) is 0. The average molecular weight is 237 g/mol. The molecule has 13 heavy (non-hydrogen) atoms. The van der Waals surface area contributed by atoms with Gasteiger partial charge in [0.05, 0.1) is 10.7 Å². The summed E-state index contributed by atoms with van der Waals surface area (Å²) in [5.41, 5.74) is 2.30. The van der Waals surface area contributed by atoms with Gasteiger partial charge in [0.2, 0.25) is 0 Å². The number of anilines is 1. The molecule has 0 unspecified atom stereocenters. The Morgan fingerprint density at radius 1 is 1.31 bits per heavy atom. The number of halogens is 3. The highest BCUT2D eigenvalue weighted by Crippen LogP contribution is 2.24. The molecule has 0 spiro atoms. The lowest BCUT2D eigenvalue weighted by molar-refractivity contribution is 1.34. The zero-order valence-corrected chi connectivity index (χ0v) is 9.00. The van der Waals surface area contributed by atoms with Crippen molar-refractivity contribution in [3.8, 4) is 0 Å². The van der Waals surface area contributed by atoms with E-state index in [9.17, 15) is 0 Å². The molecule has 0 aliphatic rings. The molecule has 0 saturated carbocycles. The molecule has 70 valence electrons. The van der Waals surface area contributed by atoms with Gasteiger partial charge in [-0.3, -0.25) is 0 Å². The van der Waals surface area contributed by atoms with E-state index in [1.54, 1.807) is 18.2 Å². The van der Waals surface area contributed by atoms with Crippen molar-refractivity contribution in [2.75, 3.05) is 11.9 Å². The predicted molar refractivity (Wildman–Crippen MR) is 59.9 cm³/mol. The normalized spacial score (nSPS) is 10.7. The minimum Gasteiger partial charge on any atom is -0.380 e. The van der Waals surface area contributed by atoms with Crippen molar-refractivity contribution in [1.29, 1.82) is 0 Å². The molecule has 1 rings (SSSR count). The maximum absolute atomic E-state index is 5.90. The van der Waals surface area contributed by atoms with Gasteiger partial charge in [-0.2, -0.15) is 0 Å². The van der Waals surface area contributed by atoms with E-state index in [2.05, 4.69) is 5.32 Å². The van der Waals surface area contributed by atoms with Crippen LogP contribution in [0.15, 0.2) is 29.8 Å². The topological polar surface area (TPSA) is 12.0 Å². The van der Waals surface area contributed by atoms with Gasteiger partial charge in [0.15, 0.2) is 0 Å². The van der Waals surface area contributed by atoms with Crippen LogP contribution in [0.2, 0.25) is 10.0 Å². The summed E-state index contributed by atoms with van der Waals surface area (Å²) in [7, 11) is 0. The van der Waals surface area contributed by atoms with E-state index >= 15 is 0 Å². The van der Waals surface area contributed by atoms with E-state index in [1.807, 2.05) is 6.07 Å². The van der Waals surface area contributed by atoms with E-state index in [0.717, 1.165) is 5.69 Å². The van der Waals surface area contributed by atoms with Crippen molar-refractivity contribution >= 4 is 40.5 Å². The lowest BCUT2D eigenvalue weighted by Gasteiger charge is -2.05. The minimum atomic E-state index is 0.607. The Kier molecular flexibility index (Phi) is 4.43. The summed E-state index contributed by atoms with van der Waals surface area (Å²) >= 11 is 17.0. The first-order valence-electron chi connectivity index (χ1n) is 3.68. The highest BCUT2D eigenvalue weighted by Gasteiger charge is 1.98. The van der Waals surface area contributed by atoms with Crippen LogP contribution >= 0.6 is 34.8 Å². The van der Waals surface area contributed by atoms with Gasteiger partial charge in [0, 0.05) is 17.1 Å². The average Bonchev–Trinajstić information content (AvgIpc) is 2.09. The van der Waals surface area contributed by atoms with Crippen LogP contribution in [0, 0.1) is 0 Å². The Morgan fingerprint density at radius 2 is 2.08 bits per heavy atom. The molecule has 0 saturated heterocycles. The molecule has 1 N–H and O–H groups in total. The lowest BCUT2D eigenvalue weighted by atomic mass is 10.3. The molecule has 1 nitrogen and oxygen atoms in total. The van der Waals surface area contributed by atoms with Gasteiger partial charge in [0.25, 0.3) is 0 Å². The van der Waals surface area contributed by atoms with Crippen LogP contribution in [0.25, 0.3) is 0 Å². The molecule has 0 fully saturated rings. The maximum atomic E-state index is 5.90. The third-order valence-electron chi connectivity index (χ3n) is 1.43. The number of hydrogen-bond donors (Lipinski definition) is 1. The van der Waals surface area contributed by atoms with Crippen LogP contribution in [0.3, 0.4) is 0 Å². The Labute approximate surface area is 92.3 Å². The van der Waals surface area contributed by atoms with Crippen molar-refractivity contribution in [2.45, 2.75) is 0 Å². The summed E-state index contributed by atoms with van der Waals surface area (Å²) in [5, 5.41) is 4.31. The van der Waals surface area contributed by atoms with Gasteiger partial charge in [-0.25, -0.2) is 0 Å². The molecule has 0 aliphatic carbocycles. The molecule has 0 radical (unpaired) electrons. The van der Waals surface area contributed by atoms with Gasteiger partial charge >= 0.3 is 0 Å². The zero-order valence-electron chi connectivity index (χ0n) is 6.73. The molecule has 4 heteroatoms. The quantitative estimate of drug-likeness (QED) is 0.831. The second-order valence-electron chi connectivity index (χ2n) is 2.37. The summed E-state index contributed by atoms with van der Waals surface area (Å²) in [5.74, 6) is 0. The first-order valence-corrected chi connectivity index (χ1v) is 4.87. The number of benzene rings is 1. The minimum absolute atomic E-state index is 0.607. The van der Waals surface area contributed by atoms with Gasteiger partial charge in [-0.1, -0.05) is 40.9 Å². The Hall–Kier alpha value is -0.370. The SMILES string of the molecule is Cl/C=C/CNc1ccc(Cl)cc1Cl. The standard InChI is InChI=1S/C9H8Cl3N/c10-4-1-5-13-9-3-2-7(11)6-8(9)12/h1-4,6,13H,5H2/b4-1+. The second kappa shape index (κ2) is 5.38. The molecular formula is C9H8Cl3N. The zero-order chi connectivity index (χ0) is 9.68. The van der Waals surface area contributed by atoms with Gasteiger partial charge in [-0.15, -0.1) is 0 Å². The number of rotatable bonds is 3. The van der Waals surface area contributed by atoms with Gasteiger partial charge in [0.1, 0.15) is 0 Å². The fourth-order valence-electron chi connectivity index (χ4n) is 0.846. The predicted octanol–water partition coefficient (Wildman–Crippen LogP) is 4.16. The lowest BCUT2D eigenvalue weighted by Crippen LogP contribution is -1.97. The first-order chi connectivity index (χ1) is 6.24. The smallest absolute Gasteiger partial charge is 0.0652 e. The van der Waals surface area contributed by atoms with E-state index in [1.165, 1.54) is 5.54 Å². The van der Waals surface area contributed by atoms with Crippen molar-refractivity contribution in [1.82, 2.24) is 0 Å². The summed E-state index contributed by atoms with van der Waals surface area (Å²) in [6.45, 7) is 0.644. The second-order valence-corrected chi connectivity index (χ2v) is 3.46.